The molecule has 1 saturated carbocycles. The third-order valence-electron chi connectivity index (χ3n) is 5.39. The molecule has 2 aromatic heterocycles. The Morgan fingerprint density at radius 3 is 2.76 bits per heavy atom. The highest BCUT2D eigenvalue weighted by atomic mass is 32.1. The Bertz CT molecular complexity index is 793. The number of hydrogen-bond acceptors (Lipinski definition) is 4. The fourth-order valence-electron chi connectivity index (χ4n) is 4.06. The Labute approximate surface area is 151 Å². The molecule has 132 valence electrons. The lowest BCUT2D eigenvalue weighted by Crippen LogP contribution is -2.42. The van der Waals surface area contributed by atoms with Gasteiger partial charge in [-0.1, -0.05) is 18.9 Å². The van der Waals surface area contributed by atoms with Gasteiger partial charge in [-0.15, -0.1) is 11.3 Å². The Morgan fingerprint density at radius 1 is 1.16 bits per heavy atom. The SMILES string of the molecule is O=C(C1CCCC1)N1CCC[C@H]1Cn1nc(-c2cccs2)ccc1=O. The molecular formula is C19H23N3O2S. The summed E-state index contributed by atoms with van der Waals surface area (Å²) in [7, 11) is 0. The minimum Gasteiger partial charge on any atom is -0.338 e. The molecular weight excluding hydrogens is 334 g/mol. The van der Waals surface area contributed by atoms with E-state index < -0.39 is 0 Å². The smallest absolute Gasteiger partial charge is 0.266 e. The normalized spacial score (nSPS) is 21.1. The van der Waals surface area contributed by atoms with Crippen LogP contribution in [0.4, 0.5) is 0 Å². The quantitative estimate of drug-likeness (QED) is 0.845. The van der Waals surface area contributed by atoms with E-state index in [9.17, 15) is 9.59 Å². The molecule has 1 saturated heterocycles. The minimum absolute atomic E-state index is 0.0943. The molecule has 2 aromatic rings. The molecule has 0 bridgehead atoms. The van der Waals surface area contributed by atoms with Gasteiger partial charge in [-0.3, -0.25) is 9.59 Å². The molecule has 0 aromatic carbocycles. The van der Waals surface area contributed by atoms with Crippen molar-refractivity contribution in [3.63, 3.8) is 0 Å². The van der Waals surface area contributed by atoms with Crippen LogP contribution in [-0.2, 0) is 11.3 Å². The van der Waals surface area contributed by atoms with E-state index in [2.05, 4.69) is 5.10 Å². The molecule has 0 spiro atoms. The number of carbonyl (C=O) groups is 1. The van der Waals surface area contributed by atoms with E-state index in [0.29, 0.717) is 12.5 Å². The summed E-state index contributed by atoms with van der Waals surface area (Å²) in [5.74, 6) is 0.491. The van der Waals surface area contributed by atoms with E-state index in [1.165, 1.54) is 12.8 Å². The van der Waals surface area contributed by atoms with Gasteiger partial charge in [0.05, 0.1) is 17.5 Å². The van der Waals surface area contributed by atoms with Crippen molar-refractivity contribution in [3.05, 3.63) is 40.0 Å². The van der Waals surface area contributed by atoms with Gasteiger partial charge in [-0.2, -0.15) is 5.10 Å². The van der Waals surface area contributed by atoms with E-state index in [4.69, 9.17) is 0 Å². The zero-order chi connectivity index (χ0) is 17.2. The summed E-state index contributed by atoms with van der Waals surface area (Å²) >= 11 is 1.61. The molecule has 1 aliphatic carbocycles. The van der Waals surface area contributed by atoms with Crippen LogP contribution >= 0.6 is 11.3 Å². The first kappa shape index (κ1) is 16.5. The molecule has 1 atom stereocenters. The number of amides is 1. The lowest BCUT2D eigenvalue weighted by atomic mass is 10.1. The van der Waals surface area contributed by atoms with Crippen molar-refractivity contribution >= 4 is 17.2 Å². The van der Waals surface area contributed by atoms with Crippen LogP contribution in [0.25, 0.3) is 10.6 Å². The summed E-state index contributed by atoms with van der Waals surface area (Å²) in [5, 5.41) is 6.55. The number of aromatic nitrogens is 2. The van der Waals surface area contributed by atoms with Crippen LogP contribution in [-0.4, -0.2) is 33.2 Å². The van der Waals surface area contributed by atoms with Crippen LogP contribution < -0.4 is 5.56 Å². The third kappa shape index (κ3) is 3.40. The molecule has 0 N–H and O–H groups in total. The lowest BCUT2D eigenvalue weighted by Gasteiger charge is -2.27. The maximum absolute atomic E-state index is 12.8. The van der Waals surface area contributed by atoms with Gasteiger partial charge in [0.25, 0.3) is 5.56 Å². The molecule has 0 radical (unpaired) electrons. The van der Waals surface area contributed by atoms with E-state index in [1.54, 1.807) is 28.2 Å². The Hall–Kier alpha value is -1.95. The average Bonchev–Trinajstić information content (AvgIpc) is 3.38. The first-order valence-corrected chi connectivity index (χ1v) is 10.0. The predicted octanol–water partition coefficient (Wildman–Crippen LogP) is 3.15. The average molecular weight is 357 g/mol. The fourth-order valence-corrected chi connectivity index (χ4v) is 4.75. The molecule has 2 fully saturated rings. The summed E-state index contributed by atoms with van der Waals surface area (Å²) in [6.45, 7) is 1.32. The summed E-state index contributed by atoms with van der Waals surface area (Å²) in [4.78, 5) is 28.1. The number of carbonyl (C=O) groups excluding carboxylic acids is 1. The second-order valence-electron chi connectivity index (χ2n) is 7.03. The number of nitrogens with zero attached hydrogens (tertiary/aromatic N) is 3. The van der Waals surface area contributed by atoms with Crippen molar-refractivity contribution < 1.29 is 4.79 Å². The van der Waals surface area contributed by atoms with Gasteiger partial charge in [0, 0.05) is 18.5 Å². The van der Waals surface area contributed by atoms with Crippen LogP contribution in [0.5, 0.6) is 0 Å². The Kier molecular flexibility index (Phi) is 4.70. The number of likely N-dealkylation sites (tertiary alicyclic amines) is 1. The van der Waals surface area contributed by atoms with Crippen LogP contribution in [0.15, 0.2) is 34.4 Å². The molecule has 25 heavy (non-hydrogen) atoms. The summed E-state index contributed by atoms with van der Waals surface area (Å²) in [6.07, 6.45) is 6.35. The Morgan fingerprint density at radius 2 is 2.00 bits per heavy atom. The second kappa shape index (κ2) is 7.12. The van der Waals surface area contributed by atoms with Crippen molar-refractivity contribution in [2.45, 2.75) is 51.1 Å². The first-order chi connectivity index (χ1) is 12.2. The topological polar surface area (TPSA) is 55.2 Å². The molecule has 1 amide bonds. The van der Waals surface area contributed by atoms with E-state index in [-0.39, 0.29) is 17.5 Å². The Balaban J connectivity index is 1.53. The largest absolute Gasteiger partial charge is 0.338 e. The van der Waals surface area contributed by atoms with Crippen molar-refractivity contribution in [2.75, 3.05) is 6.54 Å². The molecule has 2 aliphatic rings. The van der Waals surface area contributed by atoms with E-state index in [0.717, 1.165) is 42.8 Å². The zero-order valence-corrected chi connectivity index (χ0v) is 15.1. The summed E-state index contributed by atoms with van der Waals surface area (Å²) < 4.78 is 1.54. The van der Waals surface area contributed by atoms with Crippen molar-refractivity contribution in [2.24, 2.45) is 5.92 Å². The standard InChI is InChI=1S/C19H23N3O2S/c23-18-10-9-16(17-8-4-12-25-17)20-22(18)13-15-7-3-11-21(15)19(24)14-5-1-2-6-14/h4,8-10,12,14-15H,1-3,5-7,11,13H2/t15-/m0/s1. The minimum atomic E-state index is -0.0968. The number of rotatable bonds is 4. The van der Waals surface area contributed by atoms with Crippen LogP contribution in [0.1, 0.15) is 38.5 Å². The number of hydrogen-bond donors (Lipinski definition) is 0. The van der Waals surface area contributed by atoms with Crippen LogP contribution in [0.3, 0.4) is 0 Å². The monoisotopic (exact) mass is 357 g/mol. The molecule has 6 heteroatoms. The molecule has 5 nitrogen and oxygen atoms in total. The maximum atomic E-state index is 12.8. The van der Waals surface area contributed by atoms with Gasteiger partial charge >= 0.3 is 0 Å². The summed E-state index contributed by atoms with van der Waals surface area (Å²) in [5.41, 5.74) is 0.724. The van der Waals surface area contributed by atoms with Gasteiger partial charge in [0.15, 0.2) is 0 Å². The van der Waals surface area contributed by atoms with Gasteiger partial charge < -0.3 is 4.90 Å². The highest BCUT2D eigenvalue weighted by molar-refractivity contribution is 7.13. The highest BCUT2D eigenvalue weighted by Crippen LogP contribution is 2.30. The second-order valence-corrected chi connectivity index (χ2v) is 7.97. The lowest BCUT2D eigenvalue weighted by molar-refractivity contribution is -0.136. The van der Waals surface area contributed by atoms with Gasteiger partial charge in [-0.05, 0) is 43.2 Å². The maximum Gasteiger partial charge on any atom is 0.266 e. The van der Waals surface area contributed by atoms with E-state index in [1.807, 2.05) is 22.4 Å². The molecule has 1 aliphatic heterocycles. The predicted molar refractivity (Wildman–Crippen MR) is 98.5 cm³/mol. The fraction of sp³-hybridized carbons (Fsp3) is 0.526. The first-order valence-electron chi connectivity index (χ1n) is 9.15. The zero-order valence-electron chi connectivity index (χ0n) is 14.3. The number of thiophene rings is 1. The molecule has 0 unspecified atom stereocenters. The molecule has 3 heterocycles. The van der Waals surface area contributed by atoms with Crippen LogP contribution in [0.2, 0.25) is 0 Å². The van der Waals surface area contributed by atoms with Crippen LogP contribution in [0, 0.1) is 5.92 Å². The van der Waals surface area contributed by atoms with Gasteiger partial charge in [0.2, 0.25) is 5.91 Å². The van der Waals surface area contributed by atoms with Gasteiger partial charge in [0.1, 0.15) is 5.69 Å². The van der Waals surface area contributed by atoms with Crippen molar-refractivity contribution in [3.8, 4) is 10.6 Å². The van der Waals surface area contributed by atoms with Gasteiger partial charge in [-0.25, -0.2) is 4.68 Å². The third-order valence-corrected chi connectivity index (χ3v) is 6.28. The highest BCUT2D eigenvalue weighted by Gasteiger charge is 2.34. The molecule has 4 rings (SSSR count). The van der Waals surface area contributed by atoms with Crippen molar-refractivity contribution in [1.82, 2.24) is 14.7 Å². The van der Waals surface area contributed by atoms with Crippen molar-refractivity contribution in [1.29, 1.82) is 0 Å². The van der Waals surface area contributed by atoms with E-state index >= 15 is 0 Å². The summed E-state index contributed by atoms with van der Waals surface area (Å²) in [6, 6.07) is 7.45.